The van der Waals surface area contributed by atoms with Crippen molar-refractivity contribution in [3.8, 4) is 9.75 Å². The molecule has 2 rings (SSSR count). The fraction of sp³-hybridized carbons (Fsp3) is 0.0833. The average Bonchev–Trinajstić information content (AvgIpc) is 2.94. The highest BCUT2D eigenvalue weighted by Gasteiger charge is 2.35. The maximum atomic E-state index is 12.7. The van der Waals surface area contributed by atoms with Crippen molar-refractivity contribution in [2.45, 2.75) is 6.18 Å². The molecule has 94 valence electrons. The van der Waals surface area contributed by atoms with E-state index in [4.69, 9.17) is 0 Å². The molecule has 0 spiro atoms. The summed E-state index contributed by atoms with van der Waals surface area (Å²) in [5.41, 5.74) is -0.898. The Hall–Kier alpha value is -1.40. The van der Waals surface area contributed by atoms with Gasteiger partial charge in [-0.05, 0) is 29.7 Å². The van der Waals surface area contributed by atoms with Crippen LogP contribution in [0.3, 0.4) is 0 Å². The van der Waals surface area contributed by atoms with E-state index in [2.05, 4.69) is 0 Å². The minimum Gasteiger partial charge on any atom is -0.299 e. The van der Waals surface area contributed by atoms with Gasteiger partial charge in [-0.3, -0.25) is 4.79 Å². The number of hydrogen-bond donors (Lipinski definition) is 0. The first-order chi connectivity index (χ1) is 8.52. The van der Waals surface area contributed by atoms with E-state index < -0.39 is 11.7 Å². The largest absolute Gasteiger partial charge is 0.417 e. The molecule has 2 heterocycles. The zero-order valence-electron chi connectivity index (χ0n) is 8.90. The van der Waals surface area contributed by atoms with Gasteiger partial charge < -0.3 is 0 Å². The molecule has 0 aliphatic carbocycles. The summed E-state index contributed by atoms with van der Waals surface area (Å²) in [7, 11) is 0. The molecule has 0 N–H and O–H groups in total. The highest BCUT2D eigenvalue weighted by Crippen LogP contribution is 2.40. The second-order valence-electron chi connectivity index (χ2n) is 3.36. The van der Waals surface area contributed by atoms with Crippen molar-refractivity contribution in [2.24, 2.45) is 0 Å². The molecule has 0 amide bonds. The first-order valence-corrected chi connectivity index (χ1v) is 6.58. The van der Waals surface area contributed by atoms with Gasteiger partial charge in [-0.25, -0.2) is 0 Å². The van der Waals surface area contributed by atoms with E-state index in [0.717, 1.165) is 21.1 Å². The predicted octanol–water partition coefficient (Wildman–Crippen LogP) is 4.62. The van der Waals surface area contributed by atoms with Gasteiger partial charge in [-0.2, -0.15) is 13.2 Å². The van der Waals surface area contributed by atoms with Crippen molar-refractivity contribution in [1.29, 1.82) is 0 Å². The number of rotatable bonds is 3. The van der Waals surface area contributed by atoms with Gasteiger partial charge >= 0.3 is 6.18 Å². The molecule has 6 heteroatoms. The van der Waals surface area contributed by atoms with Crippen molar-refractivity contribution in [1.82, 2.24) is 0 Å². The van der Waals surface area contributed by atoms with Gasteiger partial charge in [-0.1, -0.05) is 6.07 Å². The van der Waals surface area contributed by atoms with E-state index >= 15 is 0 Å². The minimum absolute atomic E-state index is 0.0537. The summed E-state index contributed by atoms with van der Waals surface area (Å²) < 4.78 is 38.2. The monoisotopic (exact) mass is 288 g/mol. The zero-order valence-corrected chi connectivity index (χ0v) is 10.5. The maximum absolute atomic E-state index is 12.7. The lowest BCUT2D eigenvalue weighted by Gasteiger charge is -2.08. The molecule has 0 atom stereocenters. The first-order valence-electron chi connectivity index (χ1n) is 4.89. The number of halogens is 3. The number of allylic oxidation sites excluding steroid dienone is 2. The van der Waals surface area contributed by atoms with E-state index in [0.29, 0.717) is 6.08 Å². The van der Waals surface area contributed by atoms with Crippen LogP contribution in [0.4, 0.5) is 13.2 Å². The number of carbonyl (C=O) groups is 1. The Kier molecular flexibility index (Phi) is 3.68. The third-order valence-corrected chi connectivity index (χ3v) is 4.36. The normalized spacial score (nSPS) is 12.7. The summed E-state index contributed by atoms with van der Waals surface area (Å²) >= 11 is 2.49. The second-order valence-corrected chi connectivity index (χ2v) is 5.39. The minimum atomic E-state index is -4.52. The van der Waals surface area contributed by atoms with Crippen LogP contribution in [-0.4, -0.2) is 12.5 Å². The molecule has 0 unspecified atom stereocenters. The number of alkyl halides is 3. The third kappa shape index (κ3) is 2.70. The highest BCUT2D eigenvalue weighted by atomic mass is 32.1. The van der Waals surface area contributed by atoms with Crippen LogP contribution in [0.25, 0.3) is 15.3 Å². The molecule has 18 heavy (non-hydrogen) atoms. The van der Waals surface area contributed by atoms with Gasteiger partial charge in [-0.15, -0.1) is 22.7 Å². The summed E-state index contributed by atoms with van der Waals surface area (Å²) in [6.07, 6.45) is -3.80. The molecular formula is C12H7F3OS2. The molecule has 0 saturated heterocycles. The highest BCUT2D eigenvalue weighted by molar-refractivity contribution is 7.21. The van der Waals surface area contributed by atoms with Crippen LogP contribution in [0, 0.1) is 0 Å². The Morgan fingerprint density at radius 1 is 1.17 bits per heavy atom. The predicted molar refractivity (Wildman–Crippen MR) is 67.7 cm³/mol. The van der Waals surface area contributed by atoms with Crippen molar-refractivity contribution in [3.05, 3.63) is 40.6 Å². The summed E-state index contributed by atoms with van der Waals surface area (Å²) in [5, 5.41) is 1.86. The molecule has 0 aliphatic heterocycles. The molecule has 0 bridgehead atoms. The topological polar surface area (TPSA) is 17.1 Å². The number of carbonyl (C=O) groups excluding carboxylic acids is 1. The molecule has 1 nitrogen and oxygen atoms in total. The van der Waals surface area contributed by atoms with Gasteiger partial charge in [0.25, 0.3) is 0 Å². The van der Waals surface area contributed by atoms with Crippen molar-refractivity contribution < 1.29 is 18.0 Å². The van der Waals surface area contributed by atoms with Crippen molar-refractivity contribution in [2.75, 3.05) is 0 Å². The Bertz CT molecular complexity index is 564. The second kappa shape index (κ2) is 5.07. The van der Waals surface area contributed by atoms with Crippen LogP contribution >= 0.6 is 22.7 Å². The van der Waals surface area contributed by atoms with E-state index in [1.807, 2.05) is 17.5 Å². The van der Waals surface area contributed by atoms with Crippen molar-refractivity contribution in [3.63, 3.8) is 0 Å². The standard InChI is InChI=1S/C12H7F3OS2/c13-12(14,15)8(5-6-16)9-3-4-11(18-9)10-2-1-7-17-10/h1-7H/b8-5-. The van der Waals surface area contributed by atoms with Crippen LogP contribution in [0.5, 0.6) is 0 Å². The molecule has 0 aliphatic rings. The van der Waals surface area contributed by atoms with Gasteiger partial charge in [0.15, 0.2) is 0 Å². The van der Waals surface area contributed by atoms with Crippen LogP contribution in [0.2, 0.25) is 0 Å². The Morgan fingerprint density at radius 3 is 2.50 bits per heavy atom. The van der Waals surface area contributed by atoms with Gasteiger partial charge in [0, 0.05) is 14.6 Å². The van der Waals surface area contributed by atoms with Gasteiger partial charge in [0.05, 0.1) is 5.57 Å². The molecule has 0 saturated carbocycles. The van der Waals surface area contributed by atoms with Crippen LogP contribution in [0.15, 0.2) is 35.7 Å². The summed E-state index contributed by atoms with van der Waals surface area (Å²) in [6.45, 7) is 0. The van der Waals surface area contributed by atoms with Gasteiger partial charge in [0.1, 0.15) is 6.29 Å². The SMILES string of the molecule is O=C/C=C(/c1ccc(-c2cccs2)s1)C(F)(F)F. The Labute approximate surface area is 109 Å². The zero-order chi connectivity index (χ0) is 13.2. The summed E-state index contributed by atoms with van der Waals surface area (Å²) in [4.78, 5) is 12.0. The Morgan fingerprint density at radius 2 is 1.94 bits per heavy atom. The average molecular weight is 288 g/mol. The third-order valence-electron chi connectivity index (χ3n) is 2.18. The first kappa shape index (κ1) is 13.0. The quantitative estimate of drug-likeness (QED) is 0.595. The lowest BCUT2D eigenvalue weighted by Crippen LogP contribution is -2.09. The van der Waals surface area contributed by atoms with Gasteiger partial charge in [0.2, 0.25) is 0 Å². The molecule has 0 radical (unpaired) electrons. The van der Waals surface area contributed by atoms with E-state index in [9.17, 15) is 18.0 Å². The lowest BCUT2D eigenvalue weighted by molar-refractivity contribution is -0.104. The molecule has 2 aromatic rings. The van der Waals surface area contributed by atoms with E-state index in [1.165, 1.54) is 17.4 Å². The van der Waals surface area contributed by atoms with Crippen LogP contribution in [-0.2, 0) is 4.79 Å². The molecular weight excluding hydrogens is 281 g/mol. The molecule has 2 aromatic heterocycles. The number of aldehydes is 1. The maximum Gasteiger partial charge on any atom is 0.417 e. The Balaban J connectivity index is 2.40. The molecule has 0 aromatic carbocycles. The summed E-state index contributed by atoms with van der Waals surface area (Å²) in [5.74, 6) is 0. The number of thiophene rings is 2. The van der Waals surface area contributed by atoms with Crippen molar-refractivity contribution >= 4 is 34.5 Å². The smallest absolute Gasteiger partial charge is 0.299 e. The molecule has 0 fully saturated rings. The fourth-order valence-corrected chi connectivity index (χ4v) is 3.30. The summed E-state index contributed by atoms with van der Waals surface area (Å²) in [6, 6.07) is 6.71. The fourth-order valence-electron chi connectivity index (χ4n) is 1.42. The van der Waals surface area contributed by atoms with Crippen LogP contribution in [0.1, 0.15) is 4.88 Å². The van der Waals surface area contributed by atoms with Crippen LogP contribution < -0.4 is 0 Å². The van der Waals surface area contributed by atoms with E-state index in [1.54, 1.807) is 6.07 Å². The lowest BCUT2D eigenvalue weighted by atomic mass is 10.2. The van der Waals surface area contributed by atoms with E-state index in [-0.39, 0.29) is 11.2 Å². The number of hydrogen-bond acceptors (Lipinski definition) is 3.